The first-order chi connectivity index (χ1) is 10.3. The number of rotatable bonds is 13. The summed E-state index contributed by atoms with van der Waals surface area (Å²) in [5.41, 5.74) is 1.17. The third kappa shape index (κ3) is 11.4. The first-order valence-corrected chi connectivity index (χ1v) is 8.91. The molecule has 0 aliphatic carbocycles. The average Bonchev–Trinajstić information content (AvgIpc) is 2.50. The quantitative estimate of drug-likeness (QED) is 0.284. The predicted octanol–water partition coefficient (Wildman–Crippen LogP) is 6.22. The van der Waals surface area contributed by atoms with Crippen molar-refractivity contribution < 1.29 is 0 Å². The molecule has 0 aliphatic rings. The lowest BCUT2D eigenvalue weighted by atomic mass is 9.90. The lowest BCUT2D eigenvalue weighted by Crippen LogP contribution is -2.16. The molecule has 0 spiro atoms. The van der Waals surface area contributed by atoms with E-state index in [1.54, 1.807) is 0 Å². The van der Waals surface area contributed by atoms with E-state index in [9.17, 15) is 0 Å². The lowest BCUT2D eigenvalue weighted by Gasteiger charge is -2.16. The Balaban J connectivity index is 4.51. The van der Waals surface area contributed by atoms with Gasteiger partial charge in [0.2, 0.25) is 0 Å². The van der Waals surface area contributed by atoms with Gasteiger partial charge in [0, 0.05) is 25.4 Å². The maximum absolute atomic E-state index is 4.61. The summed E-state index contributed by atoms with van der Waals surface area (Å²) in [4.78, 5) is 8.82. The molecule has 0 aromatic rings. The van der Waals surface area contributed by atoms with Gasteiger partial charge in [-0.3, -0.25) is 9.98 Å². The molecule has 0 radical (unpaired) electrons. The van der Waals surface area contributed by atoms with E-state index in [0.29, 0.717) is 5.92 Å². The van der Waals surface area contributed by atoms with Crippen molar-refractivity contribution in [1.29, 1.82) is 0 Å². The Hall–Kier alpha value is -0.920. The molecule has 0 saturated carbocycles. The molecule has 0 saturated heterocycles. The van der Waals surface area contributed by atoms with Gasteiger partial charge < -0.3 is 0 Å². The zero-order valence-electron chi connectivity index (χ0n) is 14.8. The summed E-state index contributed by atoms with van der Waals surface area (Å²) < 4.78 is 0. The van der Waals surface area contributed by atoms with Gasteiger partial charge in [-0.2, -0.15) is 0 Å². The SMILES string of the molecule is C/C=C\N=C(C=NC)C(CCCCC)CCCCCCC. The summed E-state index contributed by atoms with van der Waals surface area (Å²) in [6.07, 6.45) is 19.0. The first-order valence-electron chi connectivity index (χ1n) is 8.91. The normalized spacial score (nSPS) is 14.4. The standard InChI is InChI=1S/C19H36N2/c1-5-8-10-11-13-15-18(14-12-9-6-2)19(17-20-4)21-16-7-3/h7,16-18H,5-6,8-15H2,1-4H3/b16-7-,20-17?,21-19?. The van der Waals surface area contributed by atoms with E-state index in [1.807, 2.05) is 32.5 Å². The molecule has 21 heavy (non-hydrogen) atoms. The second kappa shape index (κ2) is 15.5. The van der Waals surface area contributed by atoms with E-state index in [1.165, 1.54) is 69.9 Å². The Morgan fingerprint density at radius 2 is 1.48 bits per heavy atom. The maximum atomic E-state index is 4.61. The number of hydrogen-bond donors (Lipinski definition) is 0. The molecule has 2 heteroatoms. The molecule has 0 heterocycles. The van der Waals surface area contributed by atoms with Gasteiger partial charge in [0.25, 0.3) is 0 Å². The van der Waals surface area contributed by atoms with Crippen molar-refractivity contribution in [3.63, 3.8) is 0 Å². The van der Waals surface area contributed by atoms with E-state index in [0.717, 1.165) is 0 Å². The van der Waals surface area contributed by atoms with Gasteiger partial charge in [0.1, 0.15) is 0 Å². The van der Waals surface area contributed by atoms with Crippen molar-refractivity contribution in [1.82, 2.24) is 0 Å². The molecule has 122 valence electrons. The second-order valence-electron chi connectivity index (χ2n) is 5.82. The molecule has 0 rings (SSSR count). The molecule has 2 nitrogen and oxygen atoms in total. The third-order valence-electron chi connectivity index (χ3n) is 3.86. The van der Waals surface area contributed by atoms with Crippen molar-refractivity contribution in [2.45, 2.75) is 85.0 Å². The highest BCUT2D eigenvalue weighted by Gasteiger charge is 2.13. The number of nitrogens with zero attached hydrogens (tertiary/aromatic N) is 2. The molecular formula is C19H36N2. The van der Waals surface area contributed by atoms with Crippen molar-refractivity contribution >= 4 is 11.9 Å². The largest absolute Gasteiger partial charge is 0.295 e. The van der Waals surface area contributed by atoms with E-state index < -0.39 is 0 Å². The second-order valence-corrected chi connectivity index (χ2v) is 5.82. The fourth-order valence-electron chi connectivity index (χ4n) is 2.61. The summed E-state index contributed by atoms with van der Waals surface area (Å²) >= 11 is 0. The van der Waals surface area contributed by atoms with Crippen molar-refractivity contribution in [2.24, 2.45) is 15.9 Å². The molecule has 0 fully saturated rings. The fraction of sp³-hybridized carbons (Fsp3) is 0.789. The summed E-state index contributed by atoms with van der Waals surface area (Å²) in [6, 6.07) is 0. The number of allylic oxidation sites excluding steroid dienone is 1. The van der Waals surface area contributed by atoms with Gasteiger partial charge >= 0.3 is 0 Å². The van der Waals surface area contributed by atoms with Crippen LogP contribution in [0.15, 0.2) is 22.3 Å². The van der Waals surface area contributed by atoms with Crippen LogP contribution in [0.4, 0.5) is 0 Å². The minimum absolute atomic E-state index is 0.582. The average molecular weight is 293 g/mol. The highest BCUT2D eigenvalue weighted by molar-refractivity contribution is 6.31. The van der Waals surface area contributed by atoms with Crippen LogP contribution in [0.5, 0.6) is 0 Å². The minimum atomic E-state index is 0.582. The van der Waals surface area contributed by atoms with Crippen LogP contribution in [0, 0.1) is 5.92 Å². The van der Waals surface area contributed by atoms with Crippen LogP contribution < -0.4 is 0 Å². The van der Waals surface area contributed by atoms with Gasteiger partial charge in [0.15, 0.2) is 0 Å². The van der Waals surface area contributed by atoms with Crippen LogP contribution in [0.3, 0.4) is 0 Å². The lowest BCUT2D eigenvalue weighted by molar-refractivity contribution is 0.497. The van der Waals surface area contributed by atoms with Gasteiger partial charge in [-0.05, 0) is 19.8 Å². The zero-order valence-corrected chi connectivity index (χ0v) is 14.8. The zero-order chi connectivity index (χ0) is 15.8. The van der Waals surface area contributed by atoms with Gasteiger partial charge in [-0.1, -0.05) is 71.3 Å². The van der Waals surface area contributed by atoms with Crippen molar-refractivity contribution in [3.05, 3.63) is 12.3 Å². The van der Waals surface area contributed by atoms with Crippen LogP contribution in [-0.2, 0) is 0 Å². The molecule has 0 aromatic heterocycles. The van der Waals surface area contributed by atoms with Crippen LogP contribution >= 0.6 is 0 Å². The molecule has 1 unspecified atom stereocenters. The van der Waals surface area contributed by atoms with E-state index in [-0.39, 0.29) is 0 Å². The highest BCUT2D eigenvalue weighted by atomic mass is 14.7. The topological polar surface area (TPSA) is 24.7 Å². The monoisotopic (exact) mass is 292 g/mol. The molecule has 0 aliphatic heterocycles. The number of hydrogen-bond acceptors (Lipinski definition) is 2. The van der Waals surface area contributed by atoms with E-state index in [2.05, 4.69) is 23.8 Å². The van der Waals surface area contributed by atoms with Crippen LogP contribution in [-0.4, -0.2) is 19.0 Å². The van der Waals surface area contributed by atoms with Crippen LogP contribution in [0.25, 0.3) is 0 Å². The minimum Gasteiger partial charge on any atom is -0.295 e. The van der Waals surface area contributed by atoms with Crippen molar-refractivity contribution in [3.8, 4) is 0 Å². The predicted molar refractivity (Wildman–Crippen MR) is 97.7 cm³/mol. The van der Waals surface area contributed by atoms with Crippen molar-refractivity contribution in [2.75, 3.05) is 7.05 Å². The Morgan fingerprint density at radius 1 is 0.905 bits per heavy atom. The van der Waals surface area contributed by atoms with Crippen LogP contribution in [0.1, 0.15) is 85.0 Å². The molecule has 0 aromatic carbocycles. The Morgan fingerprint density at radius 3 is 2.05 bits per heavy atom. The molecule has 1 atom stereocenters. The number of unbranched alkanes of at least 4 members (excludes halogenated alkanes) is 6. The van der Waals surface area contributed by atoms with Gasteiger partial charge in [-0.25, -0.2) is 0 Å². The Bertz CT molecular complexity index is 303. The molecule has 0 N–H and O–H groups in total. The third-order valence-corrected chi connectivity index (χ3v) is 3.86. The Labute approximate surface area is 132 Å². The van der Waals surface area contributed by atoms with E-state index >= 15 is 0 Å². The van der Waals surface area contributed by atoms with Gasteiger partial charge in [0.05, 0.1) is 5.71 Å². The Kier molecular flexibility index (Phi) is 14.8. The van der Waals surface area contributed by atoms with Crippen LogP contribution in [0.2, 0.25) is 0 Å². The summed E-state index contributed by atoms with van der Waals surface area (Å²) in [7, 11) is 1.84. The smallest absolute Gasteiger partial charge is 0.0612 e. The summed E-state index contributed by atoms with van der Waals surface area (Å²) in [5, 5.41) is 0. The fourth-order valence-corrected chi connectivity index (χ4v) is 2.61. The highest BCUT2D eigenvalue weighted by Crippen LogP contribution is 2.20. The molecular weight excluding hydrogens is 256 g/mol. The van der Waals surface area contributed by atoms with Gasteiger partial charge in [-0.15, -0.1) is 0 Å². The summed E-state index contributed by atoms with van der Waals surface area (Å²) in [6.45, 7) is 6.55. The summed E-state index contributed by atoms with van der Waals surface area (Å²) in [5.74, 6) is 0.582. The molecule has 0 bridgehead atoms. The number of aliphatic imine (C=N–C) groups is 2. The maximum Gasteiger partial charge on any atom is 0.0612 e. The first kappa shape index (κ1) is 20.1. The van der Waals surface area contributed by atoms with E-state index in [4.69, 9.17) is 0 Å². The molecule has 0 amide bonds.